The van der Waals surface area contributed by atoms with Crippen molar-refractivity contribution in [2.45, 2.75) is 51.6 Å². The number of rotatable bonds is 3. The van der Waals surface area contributed by atoms with E-state index in [0.29, 0.717) is 0 Å². The predicted molar refractivity (Wildman–Crippen MR) is 115 cm³/mol. The summed E-state index contributed by atoms with van der Waals surface area (Å²) in [6.45, 7) is 7.34. The molecule has 0 aromatic heterocycles. The van der Waals surface area contributed by atoms with Crippen LogP contribution in [0.15, 0.2) is 4.99 Å². The van der Waals surface area contributed by atoms with Gasteiger partial charge in [-0.25, -0.2) is 0 Å². The summed E-state index contributed by atoms with van der Waals surface area (Å²) in [6.07, 6.45) is 7.11. The average molecular weight is 478 g/mol. The highest BCUT2D eigenvalue weighted by atomic mass is 127. The molecule has 1 N–H and O–H groups in total. The first-order valence-electron chi connectivity index (χ1n) is 10.0. The van der Waals surface area contributed by atoms with Gasteiger partial charge < -0.3 is 19.9 Å². The molecule has 7 heteroatoms. The van der Waals surface area contributed by atoms with Crippen LogP contribution in [0, 0.1) is 11.8 Å². The third kappa shape index (κ3) is 5.47. The summed E-state index contributed by atoms with van der Waals surface area (Å²) in [5.41, 5.74) is 0. The highest BCUT2D eigenvalue weighted by Crippen LogP contribution is 2.28. The van der Waals surface area contributed by atoms with E-state index >= 15 is 0 Å². The van der Waals surface area contributed by atoms with Crippen molar-refractivity contribution in [2.75, 3.05) is 46.4 Å². The van der Waals surface area contributed by atoms with Gasteiger partial charge >= 0.3 is 0 Å². The van der Waals surface area contributed by atoms with Crippen molar-refractivity contribution in [2.24, 2.45) is 16.8 Å². The van der Waals surface area contributed by atoms with Gasteiger partial charge in [0.15, 0.2) is 5.96 Å². The van der Waals surface area contributed by atoms with Crippen LogP contribution in [0.25, 0.3) is 0 Å². The van der Waals surface area contributed by atoms with Gasteiger partial charge in [-0.1, -0.05) is 26.2 Å². The summed E-state index contributed by atoms with van der Waals surface area (Å²) >= 11 is 0. The molecular formula is C19H35IN4O2. The minimum absolute atomic E-state index is 0. The predicted octanol–water partition coefficient (Wildman–Crippen LogP) is 2.33. The molecule has 3 rings (SSSR count). The summed E-state index contributed by atoms with van der Waals surface area (Å²) in [7, 11) is 1.86. The highest BCUT2D eigenvalue weighted by molar-refractivity contribution is 14.0. The van der Waals surface area contributed by atoms with Crippen molar-refractivity contribution >= 4 is 35.8 Å². The first-order chi connectivity index (χ1) is 12.2. The van der Waals surface area contributed by atoms with Gasteiger partial charge in [0.05, 0.1) is 0 Å². The second kappa shape index (κ2) is 10.7. The van der Waals surface area contributed by atoms with Gasteiger partial charge in [0, 0.05) is 46.4 Å². The Bertz CT molecular complexity index is 474. The van der Waals surface area contributed by atoms with Crippen LogP contribution in [0.5, 0.6) is 0 Å². The number of amides is 1. The number of guanidine groups is 1. The summed E-state index contributed by atoms with van der Waals surface area (Å²) in [5, 5.41) is 3.59. The minimum Gasteiger partial charge on any atom is -0.368 e. The molecule has 2 aliphatic heterocycles. The van der Waals surface area contributed by atoms with Gasteiger partial charge in [-0.3, -0.25) is 9.79 Å². The summed E-state index contributed by atoms with van der Waals surface area (Å²) < 4.78 is 5.54. The molecule has 3 unspecified atom stereocenters. The number of nitrogens with one attached hydrogen (secondary N) is 1. The number of ether oxygens (including phenoxy) is 1. The second-order valence-corrected chi connectivity index (χ2v) is 7.76. The average Bonchev–Trinajstić information content (AvgIpc) is 3.18. The van der Waals surface area contributed by atoms with Gasteiger partial charge in [-0.05, 0) is 31.1 Å². The summed E-state index contributed by atoms with van der Waals surface area (Å²) in [4.78, 5) is 21.2. The second-order valence-electron chi connectivity index (χ2n) is 7.76. The number of carbonyl (C=O) groups is 1. The molecule has 0 aromatic rings. The third-order valence-corrected chi connectivity index (χ3v) is 6.12. The molecule has 1 saturated carbocycles. The molecule has 0 bridgehead atoms. The van der Waals surface area contributed by atoms with Gasteiger partial charge in [0.1, 0.15) is 6.10 Å². The number of aliphatic imine (C=N–C) groups is 1. The number of hydrogen-bond acceptors (Lipinski definition) is 3. The molecule has 2 saturated heterocycles. The van der Waals surface area contributed by atoms with Crippen molar-refractivity contribution in [3.8, 4) is 0 Å². The lowest BCUT2D eigenvalue weighted by molar-refractivity contribution is -0.142. The number of piperazine rings is 1. The van der Waals surface area contributed by atoms with Crippen LogP contribution >= 0.6 is 24.0 Å². The van der Waals surface area contributed by atoms with Gasteiger partial charge in [0.25, 0.3) is 5.91 Å². The number of nitrogens with zero attached hydrogens (tertiary/aromatic N) is 3. The van der Waals surface area contributed by atoms with Crippen LogP contribution in [0.3, 0.4) is 0 Å². The molecule has 0 aromatic carbocycles. The largest absolute Gasteiger partial charge is 0.368 e. The maximum Gasteiger partial charge on any atom is 0.251 e. The number of carbonyl (C=O) groups excluding carboxylic acids is 1. The molecule has 150 valence electrons. The fourth-order valence-corrected chi connectivity index (χ4v) is 4.37. The Balaban J connectivity index is 0.00000243. The Morgan fingerprint density at radius 2 is 1.77 bits per heavy atom. The zero-order valence-electron chi connectivity index (χ0n) is 16.3. The highest BCUT2D eigenvalue weighted by Gasteiger charge is 2.31. The number of hydrogen-bond donors (Lipinski definition) is 1. The smallest absolute Gasteiger partial charge is 0.251 e. The lowest BCUT2D eigenvalue weighted by Crippen LogP contribution is -2.55. The lowest BCUT2D eigenvalue weighted by Gasteiger charge is -2.38. The van der Waals surface area contributed by atoms with E-state index in [0.717, 1.165) is 70.0 Å². The van der Waals surface area contributed by atoms with E-state index in [4.69, 9.17) is 4.74 Å². The molecule has 0 radical (unpaired) electrons. The molecule has 3 atom stereocenters. The topological polar surface area (TPSA) is 57.2 Å². The van der Waals surface area contributed by atoms with Crippen LogP contribution in [0.2, 0.25) is 0 Å². The van der Waals surface area contributed by atoms with Crippen LogP contribution in [0.1, 0.15) is 45.4 Å². The van der Waals surface area contributed by atoms with Crippen LogP contribution in [0.4, 0.5) is 0 Å². The summed E-state index contributed by atoms with van der Waals surface area (Å²) in [6, 6.07) is 0. The van der Waals surface area contributed by atoms with E-state index < -0.39 is 0 Å². The van der Waals surface area contributed by atoms with E-state index in [9.17, 15) is 4.79 Å². The minimum atomic E-state index is -0.197. The lowest BCUT2D eigenvalue weighted by atomic mass is 9.80. The molecule has 1 aliphatic carbocycles. The molecule has 2 heterocycles. The Hall–Kier alpha value is -0.570. The Labute approximate surface area is 175 Å². The van der Waals surface area contributed by atoms with Crippen molar-refractivity contribution in [3.05, 3.63) is 0 Å². The molecule has 1 amide bonds. The van der Waals surface area contributed by atoms with Crippen molar-refractivity contribution < 1.29 is 9.53 Å². The van der Waals surface area contributed by atoms with E-state index in [1.54, 1.807) is 0 Å². The van der Waals surface area contributed by atoms with E-state index in [1.165, 1.54) is 25.7 Å². The molecular weight excluding hydrogens is 443 g/mol. The van der Waals surface area contributed by atoms with Crippen LogP contribution in [-0.2, 0) is 9.53 Å². The normalized spacial score (nSPS) is 30.1. The summed E-state index contributed by atoms with van der Waals surface area (Å²) in [5.74, 6) is 2.73. The van der Waals surface area contributed by atoms with Gasteiger partial charge in [0.2, 0.25) is 0 Å². The monoisotopic (exact) mass is 478 g/mol. The molecule has 3 fully saturated rings. The quantitative estimate of drug-likeness (QED) is 0.385. The van der Waals surface area contributed by atoms with E-state index in [2.05, 4.69) is 22.1 Å². The molecule has 6 nitrogen and oxygen atoms in total. The third-order valence-electron chi connectivity index (χ3n) is 6.12. The maximum atomic E-state index is 12.5. The van der Waals surface area contributed by atoms with E-state index in [-0.39, 0.29) is 36.0 Å². The van der Waals surface area contributed by atoms with Gasteiger partial charge in [-0.2, -0.15) is 0 Å². The van der Waals surface area contributed by atoms with Crippen LogP contribution in [-0.4, -0.2) is 74.1 Å². The first-order valence-corrected chi connectivity index (χ1v) is 10.0. The fourth-order valence-electron chi connectivity index (χ4n) is 4.37. The Morgan fingerprint density at radius 1 is 1.08 bits per heavy atom. The SMILES string of the molecule is CN=C(NCC1CCCCC1C)N1CCN(C(=O)C2CCCO2)CC1.I. The van der Waals surface area contributed by atoms with Crippen molar-refractivity contribution in [1.29, 1.82) is 0 Å². The molecule has 26 heavy (non-hydrogen) atoms. The fraction of sp³-hybridized carbons (Fsp3) is 0.895. The van der Waals surface area contributed by atoms with Crippen molar-refractivity contribution in [3.63, 3.8) is 0 Å². The molecule has 3 aliphatic rings. The van der Waals surface area contributed by atoms with E-state index in [1.807, 2.05) is 11.9 Å². The number of halogens is 1. The first kappa shape index (κ1) is 21.7. The molecule has 0 spiro atoms. The standard InChI is InChI=1S/C19H34N4O2.HI/c1-15-6-3-4-7-16(15)14-21-19(20-2)23-11-9-22(10-12-23)18(24)17-8-5-13-25-17;/h15-17H,3-14H2,1-2H3,(H,20,21);1H. The maximum absolute atomic E-state index is 12.5. The van der Waals surface area contributed by atoms with Crippen molar-refractivity contribution in [1.82, 2.24) is 15.1 Å². The zero-order chi connectivity index (χ0) is 17.6. The van der Waals surface area contributed by atoms with Gasteiger partial charge in [-0.15, -0.1) is 24.0 Å². The van der Waals surface area contributed by atoms with Crippen LogP contribution < -0.4 is 5.32 Å². The Kier molecular flexibility index (Phi) is 8.93. The zero-order valence-corrected chi connectivity index (χ0v) is 18.6. The Morgan fingerprint density at radius 3 is 2.38 bits per heavy atom.